The summed E-state index contributed by atoms with van der Waals surface area (Å²) in [4.78, 5) is 27.0. The van der Waals surface area contributed by atoms with Crippen LogP contribution in [0, 0.1) is 5.82 Å². The standard InChI is InChI=1S/C23H24FNO5/c1-14(2)30-13-3-12-25-20(15-6-10-18(26)11-7-15)19(22(28)23(25)29)21(27)16-4-8-17(24)9-5-16/h4-11,14,20,26-27H,3,12-13H2,1-2H3/b21-19+. The van der Waals surface area contributed by atoms with Crippen LogP contribution in [0.5, 0.6) is 5.75 Å². The quantitative estimate of drug-likeness (QED) is 0.312. The van der Waals surface area contributed by atoms with E-state index in [4.69, 9.17) is 4.74 Å². The lowest BCUT2D eigenvalue weighted by Gasteiger charge is -2.25. The first kappa shape index (κ1) is 21.5. The maximum absolute atomic E-state index is 13.3. The molecule has 1 fully saturated rings. The number of ketones is 1. The first-order valence-electron chi connectivity index (χ1n) is 9.74. The Kier molecular flexibility index (Phi) is 6.52. The van der Waals surface area contributed by atoms with Gasteiger partial charge in [-0.15, -0.1) is 0 Å². The second-order valence-electron chi connectivity index (χ2n) is 7.36. The topological polar surface area (TPSA) is 87.1 Å². The minimum absolute atomic E-state index is 0.0413. The number of aliphatic hydroxyl groups excluding tert-OH is 1. The number of likely N-dealkylation sites (tertiary alicyclic amines) is 1. The predicted molar refractivity (Wildman–Crippen MR) is 109 cm³/mol. The van der Waals surface area contributed by atoms with Gasteiger partial charge in [0.15, 0.2) is 0 Å². The third-order valence-corrected chi connectivity index (χ3v) is 4.86. The van der Waals surface area contributed by atoms with Gasteiger partial charge in [-0.05, 0) is 62.2 Å². The molecule has 158 valence electrons. The van der Waals surface area contributed by atoms with Gasteiger partial charge in [0.05, 0.1) is 17.7 Å². The summed E-state index contributed by atoms with van der Waals surface area (Å²) < 4.78 is 18.8. The van der Waals surface area contributed by atoms with E-state index in [1.165, 1.54) is 41.3 Å². The molecule has 1 aliphatic rings. The number of halogens is 1. The molecule has 1 saturated heterocycles. The molecule has 1 amide bonds. The normalized spacial score (nSPS) is 18.4. The molecule has 0 aromatic heterocycles. The molecule has 30 heavy (non-hydrogen) atoms. The van der Waals surface area contributed by atoms with Crippen molar-refractivity contribution < 1.29 is 28.9 Å². The number of carbonyl (C=O) groups is 2. The van der Waals surface area contributed by atoms with Gasteiger partial charge >= 0.3 is 0 Å². The summed E-state index contributed by atoms with van der Waals surface area (Å²) in [6.45, 7) is 4.49. The molecule has 6 nitrogen and oxygen atoms in total. The van der Waals surface area contributed by atoms with E-state index in [0.717, 1.165) is 0 Å². The third kappa shape index (κ3) is 4.52. The number of benzene rings is 2. The van der Waals surface area contributed by atoms with E-state index in [-0.39, 0.29) is 35.3 Å². The van der Waals surface area contributed by atoms with E-state index >= 15 is 0 Å². The van der Waals surface area contributed by atoms with Crippen LogP contribution in [0.15, 0.2) is 54.1 Å². The molecule has 2 N–H and O–H groups in total. The van der Waals surface area contributed by atoms with Crippen LogP contribution in [0.1, 0.15) is 37.4 Å². The molecular weight excluding hydrogens is 389 g/mol. The summed E-state index contributed by atoms with van der Waals surface area (Å²) in [6.07, 6.45) is 0.558. The molecule has 1 unspecified atom stereocenters. The summed E-state index contributed by atoms with van der Waals surface area (Å²) in [5, 5.41) is 20.4. The summed E-state index contributed by atoms with van der Waals surface area (Å²) >= 11 is 0. The van der Waals surface area contributed by atoms with Crippen LogP contribution in [-0.2, 0) is 14.3 Å². The van der Waals surface area contributed by atoms with Gasteiger partial charge in [-0.1, -0.05) is 12.1 Å². The zero-order valence-corrected chi connectivity index (χ0v) is 16.8. The Morgan fingerprint density at radius 3 is 2.33 bits per heavy atom. The highest BCUT2D eigenvalue weighted by atomic mass is 19.1. The number of nitrogens with zero attached hydrogens (tertiary/aromatic N) is 1. The fraction of sp³-hybridized carbons (Fsp3) is 0.304. The first-order valence-corrected chi connectivity index (χ1v) is 9.74. The Hall–Kier alpha value is -3.19. The molecule has 0 saturated carbocycles. The van der Waals surface area contributed by atoms with Gasteiger partial charge in [-0.2, -0.15) is 0 Å². The van der Waals surface area contributed by atoms with Crippen LogP contribution in [0.25, 0.3) is 5.76 Å². The molecule has 0 radical (unpaired) electrons. The van der Waals surface area contributed by atoms with Crippen LogP contribution >= 0.6 is 0 Å². The number of ether oxygens (including phenoxy) is 1. The van der Waals surface area contributed by atoms with Crippen molar-refractivity contribution >= 4 is 17.4 Å². The van der Waals surface area contributed by atoms with Crippen LogP contribution in [0.3, 0.4) is 0 Å². The number of amides is 1. The lowest BCUT2D eigenvalue weighted by molar-refractivity contribution is -0.140. The van der Waals surface area contributed by atoms with Gasteiger partial charge < -0.3 is 19.8 Å². The number of aromatic hydroxyl groups is 1. The van der Waals surface area contributed by atoms with E-state index in [0.29, 0.717) is 18.6 Å². The average molecular weight is 413 g/mol. The Bertz CT molecular complexity index is 951. The molecule has 0 aliphatic carbocycles. The van der Waals surface area contributed by atoms with Crippen molar-refractivity contribution in [3.63, 3.8) is 0 Å². The van der Waals surface area contributed by atoms with Gasteiger partial charge in [-0.25, -0.2) is 4.39 Å². The highest BCUT2D eigenvalue weighted by Crippen LogP contribution is 2.39. The van der Waals surface area contributed by atoms with Crippen LogP contribution < -0.4 is 0 Å². The Morgan fingerprint density at radius 2 is 1.73 bits per heavy atom. The number of aliphatic hydroxyl groups is 1. The minimum atomic E-state index is -0.824. The molecule has 2 aromatic carbocycles. The number of rotatable bonds is 7. The largest absolute Gasteiger partial charge is 0.508 e. The number of phenolic OH excluding ortho intramolecular Hbond substituents is 1. The van der Waals surface area contributed by atoms with E-state index in [9.17, 15) is 24.2 Å². The number of phenols is 1. The summed E-state index contributed by atoms with van der Waals surface area (Å²) in [6, 6.07) is 10.3. The molecule has 1 heterocycles. The molecule has 3 rings (SSSR count). The molecule has 2 aromatic rings. The van der Waals surface area contributed by atoms with Gasteiger partial charge in [0, 0.05) is 18.7 Å². The molecule has 0 bridgehead atoms. The number of carbonyl (C=O) groups excluding carboxylic acids is 2. The second-order valence-corrected chi connectivity index (χ2v) is 7.36. The average Bonchev–Trinajstić information content (AvgIpc) is 2.96. The highest BCUT2D eigenvalue weighted by molar-refractivity contribution is 6.46. The lowest BCUT2D eigenvalue weighted by atomic mass is 9.95. The van der Waals surface area contributed by atoms with Gasteiger partial charge in [0.25, 0.3) is 11.7 Å². The van der Waals surface area contributed by atoms with Crippen molar-refractivity contribution in [3.8, 4) is 5.75 Å². The fourth-order valence-corrected chi connectivity index (χ4v) is 3.43. The van der Waals surface area contributed by atoms with E-state index in [1.807, 2.05) is 13.8 Å². The van der Waals surface area contributed by atoms with Crippen LogP contribution in [0.2, 0.25) is 0 Å². The lowest BCUT2D eigenvalue weighted by Crippen LogP contribution is -2.31. The number of hydrogen-bond donors (Lipinski definition) is 2. The van der Waals surface area contributed by atoms with Crippen molar-refractivity contribution in [2.45, 2.75) is 32.4 Å². The maximum atomic E-state index is 13.3. The van der Waals surface area contributed by atoms with Crippen molar-refractivity contribution in [2.24, 2.45) is 0 Å². The number of hydrogen-bond acceptors (Lipinski definition) is 5. The van der Waals surface area contributed by atoms with Crippen molar-refractivity contribution in [3.05, 3.63) is 71.0 Å². The monoisotopic (exact) mass is 413 g/mol. The van der Waals surface area contributed by atoms with Gasteiger partial charge in [0.1, 0.15) is 17.3 Å². The van der Waals surface area contributed by atoms with Crippen molar-refractivity contribution in [1.29, 1.82) is 0 Å². The summed E-state index contributed by atoms with van der Waals surface area (Å²) in [7, 11) is 0. The van der Waals surface area contributed by atoms with E-state index in [2.05, 4.69) is 0 Å². The van der Waals surface area contributed by atoms with Gasteiger partial charge in [0.2, 0.25) is 0 Å². The van der Waals surface area contributed by atoms with Crippen LogP contribution in [0.4, 0.5) is 4.39 Å². The zero-order valence-electron chi connectivity index (χ0n) is 16.8. The van der Waals surface area contributed by atoms with E-state index < -0.39 is 23.5 Å². The van der Waals surface area contributed by atoms with Crippen LogP contribution in [-0.4, -0.2) is 46.1 Å². The molecule has 1 atom stereocenters. The Morgan fingerprint density at radius 1 is 1.10 bits per heavy atom. The second kappa shape index (κ2) is 9.09. The highest BCUT2D eigenvalue weighted by Gasteiger charge is 2.45. The van der Waals surface area contributed by atoms with Crippen molar-refractivity contribution in [1.82, 2.24) is 4.90 Å². The SMILES string of the molecule is CC(C)OCCCN1C(=O)C(=O)/C(=C(/O)c2ccc(F)cc2)C1c1ccc(O)cc1. The molecular formula is C23H24FNO5. The Balaban J connectivity index is 2.01. The van der Waals surface area contributed by atoms with E-state index in [1.54, 1.807) is 12.1 Å². The summed E-state index contributed by atoms with van der Waals surface area (Å²) in [5.74, 6) is -2.33. The van der Waals surface area contributed by atoms with Crippen molar-refractivity contribution in [2.75, 3.05) is 13.2 Å². The Labute approximate surface area is 174 Å². The maximum Gasteiger partial charge on any atom is 0.295 e. The minimum Gasteiger partial charge on any atom is -0.508 e. The van der Waals surface area contributed by atoms with Gasteiger partial charge in [-0.3, -0.25) is 9.59 Å². The zero-order chi connectivity index (χ0) is 21.8. The molecule has 0 spiro atoms. The molecule has 7 heteroatoms. The number of Topliss-reactive ketones (excluding diaryl/α,β-unsaturated/α-hetero) is 1. The molecule has 1 aliphatic heterocycles. The third-order valence-electron chi connectivity index (χ3n) is 4.86. The first-order chi connectivity index (χ1) is 14.3. The fourth-order valence-electron chi connectivity index (χ4n) is 3.43. The summed E-state index contributed by atoms with van der Waals surface area (Å²) in [5.41, 5.74) is 0.740. The smallest absolute Gasteiger partial charge is 0.295 e. The predicted octanol–water partition coefficient (Wildman–Crippen LogP) is 3.77.